The van der Waals surface area contributed by atoms with Gasteiger partial charge in [0, 0.05) is 37.1 Å². The number of thiophene rings is 1. The molecule has 23 heavy (non-hydrogen) atoms. The number of nitrogens with one attached hydrogen (secondary N) is 1. The monoisotopic (exact) mass is 337 g/mol. The van der Waals surface area contributed by atoms with Crippen molar-refractivity contribution in [3.63, 3.8) is 0 Å². The van der Waals surface area contributed by atoms with Crippen molar-refractivity contribution in [1.29, 1.82) is 0 Å². The molecule has 0 bridgehead atoms. The zero-order valence-electron chi connectivity index (χ0n) is 14.0. The summed E-state index contributed by atoms with van der Waals surface area (Å²) in [5.41, 5.74) is 0. The number of ether oxygens (including phenoxy) is 1. The summed E-state index contributed by atoms with van der Waals surface area (Å²) < 4.78 is 5.80. The molecule has 2 fully saturated rings. The van der Waals surface area contributed by atoms with Crippen LogP contribution in [0.4, 0.5) is 4.79 Å². The van der Waals surface area contributed by atoms with Crippen molar-refractivity contribution in [3.8, 4) is 0 Å². The van der Waals surface area contributed by atoms with Gasteiger partial charge in [-0.1, -0.05) is 6.07 Å². The molecule has 0 radical (unpaired) electrons. The molecule has 0 aliphatic carbocycles. The maximum atomic E-state index is 12.5. The molecule has 6 heteroatoms. The van der Waals surface area contributed by atoms with Crippen LogP contribution >= 0.6 is 11.3 Å². The first kappa shape index (κ1) is 16.7. The summed E-state index contributed by atoms with van der Waals surface area (Å²) in [6.45, 7) is 8.65. The second-order valence-electron chi connectivity index (χ2n) is 6.70. The Labute approximate surface area is 142 Å². The third-order valence-electron chi connectivity index (χ3n) is 4.60. The van der Waals surface area contributed by atoms with Crippen molar-refractivity contribution in [2.75, 3.05) is 26.2 Å². The third kappa shape index (κ3) is 4.46. The summed E-state index contributed by atoms with van der Waals surface area (Å²) in [6, 6.07) is 4.49. The van der Waals surface area contributed by atoms with Crippen LogP contribution in [-0.4, -0.2) is 60.3 Å². The lowest BCUT2D eigenvalue weighted by atomic mass is 10.1. The minimum atomic E-state index is 0.0789. The Bertz CT molecular complexity index is 498. The van der Waals surface area contributed by atoms with E-state index in [1.807, 2.05) is 16.3 Å². The molecule has 5 nitrogen and oxygen atoms in total. The van der Waals surface area contributed by atoms with Crippen LogP contribution < -0.4 is 5.32 Å². The lowest BCUT2D eigenvalue weighted by Gasteiger charge is -2.38. The van der Waals surface area contributed by atoms with Crippen LogP contribution in [0, 0.1) is 0 Å². The van der Waals surface area contributed by atoms with Crippen LogP contribution in [0.15, 0.2) is 17.5 Å². The Morgan fingerprint density at radius 1 is 1.39 bits per heavy atom. The van der Waals surface area contributed by atoms with Crippen LogP contribution in [0.25, 0.3) is 0 Å². The molecular formula is C17H27N3O2S. The highest BCUT2D eigenvalue weighted by Crippen LogP contribution is 2.21. The number of morpholine rings is 1. The van der Waals surface area contributed by atoms with Gasteiger partial charge in [0.05, 0.1) is 18.8 Å². The van der Waals surface area contributed by atoms with Gasteiger partial charge in [-0.3, -0.25) is 4.90 Å². The summed E-state index contributed by atoms with van der Waals surface area (Å²) in [7, 11) is 0. The summed E-state index contributed by atoms with van der Waals surface area (Å²) in [6.07, 6.45) is 2.77. The minimum absolute atomic E-state index is 0.0789. The van der Waals surface area contributed by atoms with Crippen molar-refractivity contribution in [2.45, 2.75) is 51.5 Å². The first-order valence-electron chi connectivity index (χ1n) is 8.56. The smallest absolute Gasteiger partial charge is 0.317 e. The standard InChI is InChI=1S/C17H27N3O2S/c1-13-10-19(11-14(2)22-13)12-15-5-3-7-20(15)17(21)18-9-16-6-4-8-23-16/h4,6,8,13-15H,3,5,7,9-12H2,1-2H3,(H,18,21)/t13-,14-,15-/m1/s1. The van der Waals surface area contributed by atoms with Gasteiger partial charge in [-0.25, -0.2) is 4.79 Å². The number of urea groups is 1. The Kier molecular flexibility index (Phi) is 5.56. The van der Waals surface area contributed by atoms with Gasteiger partial charge in [0.2, 0.25) is 0 Å². The zero-order chi connectivity index (χ0) is 16.2. The average Bonchev–Trinajstić information content (AvgIpc) is 3.15. The van der Waals surface area contributed by atoms with Crippen molar-refractivity contribution in [2.24, 2.45) is 0 Å². The lowest BCUT2D eigenvalue weighted by molar-refractivity contribution is -0.0713. The predicted molar refractivity (Wildman–Crippen MR) is 92.7 cm³/mol. The summed E-state index contributed by atoms with van der Waals surface area (Å²) in [5.74, 6) is 0. The molecule has 2 aliphatic rings. The molecule has 1 N–H and O–H groups in total. The van der Waals surface area contributed by atoms with Gasteiger partial charge in [0.15, 0.2) is 0 Å². The first-order chi connectivity index (χ1) is 11.1. The van der Waals surface area contributed by atoms with Crippen LogP contribution in [0.1, 0.15) is 31.6 Å². The molecule has 128 valence electrons. The fraction of sp³-hybridized carbons (Fsp3) is 0.706. The van der Waals surface area contributed by atoms with E-state index in [0.717, 1.165) is 39.0 Å². The number of likely N-dealkylation sites (tertiary alicyclic amines) is 1. The van der Waals surface area contributed by atoms with Crippen molar-refractivity contribution in [3.05, 3.63) is 22.4 Å². The molecule has 1 aromatic heterocycles. The van der Waals surface area contributed by atoms with Crippen molar-refractivity contribution >= 4 is 17.4 Å². The van der Waals surface area contributed by atoms with Crippen molar-refractivity contribution < 1.29 is 9.53 Å². The Balaban J connectivity index is 1.51. The van der Waals surface area contributed by atoms with E-state index < -0.39 is 0 Å². The van der Waals surface area contributed by atoms with E-state index in [1.165, 1.54) is 4.88 Å². The molecule has 2 saturated heterocycles. The van der Waals surface area contributed by atoms with Gasteiger partial charge in [0.1, 0.15) is 0 Å². The maximum absolute atomic E-state index is 12.5. The molecule has 0 saturated carbocycles. The normalized spacial score (nSPS) is 29.0. The number of carbonyl (C=O) groups is 1. The molecule has 0 spiro atoms. The highest BCUT2D eigenvalue weighted by molar-refractivity contribution is 7.09. The largest absolute Gasteiger partial charge is 0.373 e. The fourth-order valence-corrected chi connectivity index (χ4v) is 4.35. The molecule has 3 heterocycles. The quantitative estimate of drug-likeness (QED) is 0.918. The van der Waals surface area contributed by atoms with Gasteiger partial charge in [-0.15, -0.1) is 11.3 Å². The highest BCUT2D eigenvalue weighted by atomic mass is 32.1. The minimum Gasteiger partial charge on any atom is -0.373 e. The van der Waals surface area contributed by atoms with E-state index in [4.69, 9.17) is 4.74 Å². The number of amides is 2. The van der Waals surface area contributed by atoms with Gasteiger partial charge >= 0.3 is 6.03 Å². The van der Waals surface area contributed by atoms with E-state index in [2.05, 4.69) is 30.1 Å². The van der Waals surface area contributed by atoms with Crippen LogP contribution in [0.3, 0.4) is 0 Å². The third-order valence-corrected chi connectivity index (χ3v) is 5.47. The average molecular weight is 337 g/mol. The Morgan fingerprint density at radius 3 is 2.87 bits per heavy atom. The van der Waals surface area contributed by atoms with E-state index >= 15 is 0 Å². The summed E-state index contributed by atoms with van der Waals surface area (Å²) in [4.78, 5) is 18.2. The number of carbonyl (C=O) groups excluding carboxylic acids is 1. The van der Waals surface area contributed by atoms with Crippen LogP contribution in [-0.2, 0) is 11.3 Å². The molecule has 3 rings (SSSR count). The molecule has 3 atom stereocenters. The van der Waals surface area contributed by atoms with Gasteiger partial charge < -0.3 is 15.0 Å². The van der Waals surface area contributed by atoms with E-state index in [1.54, 1.807) is 11.3 Å². The second kappa shape index (κ2) is 7.64. The van der Waals surface area contributed by atoms with Crippen LogP contribution in [0.2, 0.25) is 0 Å². The molecule has 1 aromatic rings. The lowest BCUT2D eigenvalue weighted by Crippen LogP contribution is -2.52. The predicted octanol–water partition coefficient (Wildman–Crippen LogP) is 2.53. The number of rotatable bonds is 4. The molecule has 0 unspecified atom stereocenters. The summed E-state index contributed by atoms with van der Waals surface area (Å²) >= 11 is 1.68. The molecule has 0 aromatic carbocycles. The van der Waals surface area contributed by atoms with Crippen molar-refractivity contribution in [1.82, 2.24) is 15.1 Å². The number of nitrogens with zero attached hydrogens (tertiary/aromatic N) is 2. The zero-order valence-corrected chi connectivity index (χ0v) is 14.8. The van der Waals surface area contributed by atoms with Crippen LogP contribution in [0.5, 0.6) is 0 Å². The highest BCUT2D eigenvalue weighted by Gasteiger charge is 2.32. The van der Waals surface area contributed by atoms with E-state index in [0.29, 0.717) is 12.6 Å². The topological polar surface area (TPSA) is 44.8 Å². The Morgan fingerprint density at radius 2 is 2.17 bits per heavy atom. The first-order valence-corrected chi connectivity index (χ1v) is 9.44. The van der Waals surface area contributed by atoms with Gasteiger partial charge in [-0.2, -0.15) is 0 Å². The second-order valence-corrected chi connectivity index (χ2v) is 7.74. The summed E-state index contributed by atoms with van der Waals surface area (Å²) in [5, 5.41) is 5.11. The van der Waals surface area contributed by atoms with Gasteiger partial charge in [-0.05, 0) is 38.1 Å². The molecular weight excluding hydrogens is 310 g/mol. The van der Waals surface area contributed by atoms with E-state index in [-0.39, 0.29) is 18.2 Å². The molecule has 2 amide bonds. The van der Waals surface area contributed by atoms with E-state index in [9.17, 15) is 4.79 Å². The van der Waals surface area contributed by atoms with Gasteiger partial charge in [0.25, 0.3) is 0 Å². The number of hydrogen-bond donors (Lipinski definition) is 1. The number of hydrogen-bond acceptors (Lipinski definition) is 4. The molecule has 2 aliphatic heterocycles. The maximum Gasteiger partial charge on any atom is 0.317 e. The SMILES string of the molecule is C[C@@H]1CN(C[C@H]2CCCN2C(=O)NCc2cccs2)C[C@@H](C)O1. The fourth-order valence-electron chi connectivity index (χ4n) is 3.70. The Hall–Kier alpha value is -1.11.